The molecule has 1 atom stereocenters. The molecule has 2 heterocycles. The summed E-state index contributed by atoms with van der Waals surface area (Å²) in [4.78, 5) is 12.8. The van der Waals surface area contributed by atoms with E-state index >= 15 is 0 Å². The van der Waals surface area contributed by atoms with Gasteiger partial charge in [0.15, 0.2) is 5.82 Å². The number of hydrogen-bond acceptors (Lipinski definition) is 4. The lowest BCUT2D eigenvalue weighted by atomic mass is 10.1. The monoisotopic (exact) mass is 260 g/mol. The molecule has 2 rings (SSSR count). The molecule has 2 N–H and O–H groups in total. The zero-order valence-electron chi connectivity index (χ0n) is 11.1. The topological polar surface area (TPSA) is 64.7 Å². The molecular weight excluding hydrogens is 243 g/mol. The summed E-state index contributed by atoms with van der Waals surface area (Å²) in [7, 11) is 0. The van der Waals surface area contributed by atoms with E-state index in [1.807, 2.05) is 19.9 Å². The van der Waals surface area contributed by atoms with Crippen molar-refractivity contribution in [2.45, 2.75) is 32.7 Å². The number of nitrogens with two attached hydrogens (primary N) is 1. The minimum absolute atomic E-state index is 0.0864. The Bertz CT molecular complexity index is 554. The summed E-state index contributed by atoms with van der Waals surface area (Å²) >= 11 is 0. The number of hydrogen-bond donors (Lipinski definition) is 1. The number of nitrogens with zero attached hydrogens (tertiary/aromatic N) is 3. The van der Waals surface area contributed by atoms with Gasteiger partial charge in [-0.1, -0.05) is 6.92 Å². The van der Waals surface area contributed by atoms with Crippen LogP contribution in [-0.4, -0.2) is 21.0 Å². The molecule has 100 valence electrons. The number of rotatable bonds is 4. The van der Waals surface area contributed by atoms with Crippen molar-refractivity contribution in [3.05, 3.63) is 41.6 Å². The summed E-state index contributed by atoms with van der Waals surface area (Å²) in [5.41, 5.74) is 8.25. The first kappa shape index (κ1) is 13.5. The van der Waals surface area contributed by atoms with Crippen molar-refractivity contribution in [3.8, 4) is 11.5 Å². The third-order valence-electron chi connectivity index (χ3n) is 2.86. The van der Waals surface area contributed by atoms with Crippen LogP contribution >= 0.6 is 0 Å². The summed E-state index contributed by atoms with van der Waals surface area (Å²) in [6.45, 7) is 3.94. The second-order valence-corrected chi connectivity index (χ2v) is 4.56. The van der Waals surface area contributed by atoms with Crippen molar-refractivity contribution in [1.29, 1.82) is 0 Å². The lowest BCUT2D eigenvalue weighted by Crippen LogP contribution is -2.22. The summed E-state index contributed by atoms with van der Waals surface area (Å²) in [5.74, 6) is 0.142. The number of aromatic nitrogens is 3. The Hall–Kier alpha value is -1.88. The van der Waals surface area contributed by atoms with Crippen molar-refractivity contribution < 1.29 is 4.39 Å². The van der Waals surface area contributed by atoms with Crippen LogP contribution in [0.1, 0.15) is 24.7 Å². The van der Waals surface area contributed by atoms with E-state index in [9.17, 15) is 4.39 Å². The zero-order valence-corrected chi connectivity index (χ0v) is 11.1. The van der Waals surface area contributed by atoms with E-state index in [-0.39, 0.29) is 11.9 Å². The van der Waals surface area contributed by atoms with Gasteiger partial charge in [0.25, 0.3) is 0 Å². The minimum Gasteiger partial charge on any atom is -0.327 e. The van der Waals surface area contributed by atoms with Gasteiger partial charge in [-0.3, -0.25) is 0 Å². The first-order valence-electron chi connectivity index (χ1n) is 6.30. The van der Waals surface area contributed by atoms with Gasteiger partial charge < -0.3 is 5.73 Å². The maximum Gasteiger partial charge on any atom is 0.178 e. The molecule has 4 nitrogen and oxygen atoms in total. The molecule has 19 heavy (non-hydrogen) atoms. The van der Waals surface area contributed by atoms with E-state index in [1.165, 1.54) is 12.3 Å². The molecule has 0 aliphatic carbocycles. The van der Waals surface area contributed by atoms with Crippen molar-refractivity contribution in [1.82, 2.24) is 15.0 Å². The predicted molar refractivity (Wildman–Crippen MR) is 71.9 cm³/mol. The molecular formula is C14H17FN4. The molecule has 0 saturated carbocycles. The fourth-order valence-electron chi connectivity index (χ4n) is 1.77. The standard InChI is InChI=1S/C14H17FN4/c1-3-11(16)7-12-6-9(2)18-14(19-12)13-5-4-10(15)8-17-13/h4-6,8,11H,3,7,16H2,1-2H3. The molecule has 2 aromatic rings. The molecule has 0 spiro atoms. The molecule has 5 heteroatoms. The number of aryl methyl sites for hydroxylation is 1. The molecule has 0 fully saturated rings. The van der Waals surface area contributed by atoms with Crippen LogP contribution in [0.5, 0.6) is 0 Å². The largest absolute Gasteiger partial charge is 0.327 e. The summed E-state index contributed by atoms with van der Waals surface area (Å²) < 4.78 is 12.9. The Kier molecular flexibility index (Phi) is 4.16. The Morgan fingerprint density at radius 3 is 2.74 bits per heavy atom. The van der Waals surface area contributed by atoms with E-state index in [1.54, 1.807) is 6.07 Å². The van der Waals surface area contributed by atoms with Crippen molar-refractivity contribution in [2.75, 3.05) is 0 Å². The highest BCUT2D eigenvalue weighted by Gasteiger charge is 2.09. The Labute approximate surface area is 111 Å². The molecule has 1 unspecified atom stereocenters. The first-order chi connectivity index (χ1) is 9.08. The van der Waals surface area contributed by atoms with Gasteiger partial charge in [-0.15, -0.1) is 0 Å². The molecule has 2 aromatic heterocycles. The van der Waals surface area contributed by atoms with Gasteiger partial charge in [0, 0.05) is 23.9 Å². The van der Waals surface area contributed by atoms with Crippen molar-refractivity contribution in [2.24, 2.45) is 5.73 Å². The highest BCUT2D eigenvalue weighted by atomic mass is 19.1. The van der Waals surface area contributed by atoms with E-state index in [4.69, 9.17) is 5.73 Å². The van der Waals surface area contributed by atoms with Crippen LogP contribution < -0.4 is 5.73 Å². The third kappa shape index (κ3) is 3.54. The Balaban J connectivity index is 2.33. The number of pyridine rings is 1. The summed E-state index contributed by atoms with van der Waals surface area (Å²) in [6, 6.07) is 4.94. The molecule has 0 aromatic carbocycles. The van der Waals surface area contributed by atoms with Crippen LogP contribution in [0.3, 0.4) is 0 Å². The fraction of sp³-hybridized carbons (Fsp3) is 0.357. The first-order valence-corrected chi connectivity index (χ1v) is 6.30. The van der Waals surface area contributed by atoms with Gasteiger partial charge in [0.05, 0.1) is 6.20 Å². The molecule has 0 radical (unpaired) electrons. The normalized spacial score (nSPS) is 12.4. The fourth-order valence-corrected chi connectivity index (χ4v) is 1.77. The van der Waals surface area contributed by atoms with Gasteiger partial charge in [-0.05, 0) is 31.5 Å². The molecule has 0 aliphatic heterocycles. The van der Waals surface area contributed by atoms with Crippen LogP contribution in [0.25, 0.3) is 11.5 Å². The quantitative estimate of drug-likeness (QED) is 0.915. The summed E-state index contributed by atoms with van der Waals surface area (Å²) in [6.07, 6.45) is 2.76. The predicted octanol–water partition coefficient (Wildman–Crippen LogP) is 2.27. The van der Waals surface area contributed by atoms with Gasteiger partial charge in [-0.2, -0.15) is 0 Å². The van der Waals surface area contributed by atoms with Gasteiger partial charge in [-0.25, -0.2) is 19.3 Å². The van der Waals surface area contributed by atoms with E-state index in [0.717, 1.165) is 17.8 Å². The van der Waals surface area contributed by atoms with Gasteiger partial charge in [0.1, 0.15) is 11.5 Å². The van der Waals surface area contributed by atoms with Crippen LogP contribution in [0.2, 0.25) is 0 Å². The van der Waals surface area contributed by atoms with Crippen LogP contribution in [0.15, 0.2) is 24.4 Å². The Morgan fingerprint density at radius 1 is 1.32 bits per heavy atom. The molecule has 0 bridgehead atoms. The Morgan fingerprint density at radius 2 is 2.11 bits per heavy atom. The van der Waals surface area contributed by atoms with E-state index < -0.39 is 0 Å². The maximum absolute atomic E-state index is 12.9. The van der Waals surface area contributed by atoms with Crippen molar-refractivity contribution >= 4 is 0 Å². The minimum atomic E-state index is -0.371. The lowest BCUT2D eigenvalue weighted by molar-refractivity contribution is 0.621. The second-order valence-electron chi connectivity index (χ2n) is 4.56. The van der Waals surface area contributed by atoms with E-state index in [0.29, 0.717) is 17.9 Å². The third-order valence-corrected chi connectivity index (χ3v) is 2.86. The van der Waals surface area contributed by atoms with Crippen LogP contribution in [0.4, 0.5) is 4.39 Å². The average Bonchev–Trinajstić information content (AvgIpc) is 2.38. The summed E-state index contributed by atoms with van der Waals surface area (Å²) in [5, 5.41) is 0. The zero-order chi connectivity index (χ0) is 13.8. The highest BCUT2D eigenvalue weighted by Crippen LogP contribution is 2.14. The smallest absolute Gasteiger partial charge is 0.178 e. The molecule has 0 saturated heterocycles. The van der Waals surface area contributed by atoms with Gasteiger partial charge in [0.2, 0.25) is 0 Å². The van der Waals surface area contributed by atoms with Crippen LogP contribution in [0, 0.1) is 12.7 Å². The molecule has 0 amide bonds. The highest BCUT2D eigenvalue weighted by molar-refractivity contribution is 5.48. The van der Waals surface area contributed by atoms with Gasteiger partial charge >= 0.3 is 0 Å². The van der Waals surface area contributed by atoms with Crippen molar-refractivity contribution in [3.63, 3.8) is 0 Å². The van der Waals surface area contributed by atoms with E-state index in [2.05, 4.69) is 15.0 Å². The second kappa shape index (κ2) is 5.84. The lowest BCUT2D eigenvalue weighted by Gasteiger charge is -2.09. The van der Waals surface area contributed by atoms with Crippen LogP contribution in [-0.2, 0) is 6.42 Å². The number of halogens is 1. The maximum atomic E-state index is 12.9. The average molecular weight is 260 g/mol. The SMILES string of the molecule is CCC(N)Cc1cc(C)nc(-c2ccc(F)cn2)n1. The molecule has 0 aliphatic rings.